The van der Waals surface area contributed by atoms with Gasteiger partial charge in [0.1, 0.15) is 9.84 Å². The molecule has 2 heterocycles. The van der Waals surface area contributed by atoms with Crippen LogP contribution in [0.15, 0.2) is 21.3 Å². The lowest BCUT2D eigenvalue weighted by molar-refractivity contribution is 0.352. The minimum absolute atomic E-state index is 0.00430. The second-order valence-corrected chi connectivity index (χ2v) is 7.03. The summed E-state index contributed by atoms with van der Waals surface area (Å²) in [6, 6.07) is 1.32. The van der Waals surface area contributed by atoms with Crippen molar-refractivity contribution in [2.24, 2.45) is 5.73 Å². The van der Waals surface area contributed by atoms with E-state index in [1.807, 2.05) is 16.8 Å². The van der Waals surface area contributed by atoms with Gasteiger partial charge < -0.3 is 10.3 Å². The Morgan fingerprint density at radius 3 is 2.94 bits per heavy atom. The lowest BCUT2D eigenvalue weighted by Gasteiger charge is -2.04. The number of sulfone groups is 1. The first-order chi connectivity index (χ1) is 8.46. The molecule has 0 amide bonds. The number of hydrogen-bond acceptors (Lipinski definition) is 7. The molecule has 0 aliphatic carbocycles. The summed E-state index contributed by atoms with van der Waals surface area (Å²) >= 11 is 1.53. The summed E-state index contributed by atoms with van der Waals surface area (Å²) in [6.45, 7) is 0. The van der Waals surface area contributed by atoms with Crippen LogP contribution in [0, 0.1) is 0 Å². The highest BCUT2D eigenvalue weighted by molar-refractivity contribution is 7.90. The number of thiophene rings is 1. The predicted molar refractivity (Wildman–Crippen MR) is 68.9 cm³/mol. The third-order valence-electron chi connectivity index (χ3n) is 2.34. The zero-order valence-corrected chi connectivity index (χ0v) is 11.4. The molecule has 0 radical (unpaired) electrons. The molecule has 0 bridgehead atoms. The number of nitrogens with two attached hydrogens (primary N) is 1. The first-order valence-electron chi connectivity index (χ1n) is 5.25. The van der Waals surface area contributed by atoms with E-state index in [4.69, 9.17) is 10.3 Å². The molecule has 0 fully saturated rings. The van der Waals surface area contributed by atoms with E-state index in [1.165, 1.54) is 17.6 Å². The van der Waals surface area contributed by atoms with Gasteiger partial charge in [0.05, 0.1) is 11.8 Å². The quantitative estimate of drug-likeness (QED) is 0.888. The second-order valence-electron chi connectivity index (χ2n) is 3.99. The van der Waals surface area contributed by atoms with E-state index in [1.54, 1.807) is 0 Å². The molecule has 1 unspecified atom stereocenters. The maximum absolute atomic E-state index is 11.0. The highest BCUT2D eigenvalue weighted by atomic mass is 32.2. The molecule has 2 aromatic heterocycles. The van der Waals surface area contributed by atoms with E-state index >= 15 is 0 Å². The smallest absolute Gasteiger partial charge is 0.243 e. The molecule has 0 aliphatic heterocycles. The summed E-state index contributed by atoms with van der Waals surface area (Å²) in [4.78, 5) is 4.16. The van der Waals surface area contributed by atoms with Gasteiger partial charge in [-0.15, -0.1) is 0 Å². The van der Waals surface area contributed by atoms with Gasteiger partial charge in [-0.3, -0.25) is 0 Å². The molecule has 0 saturated carbocycles. The average Bonchev–Trinajstić information content (AvgIpc) is 2.94. The molecular weight excluding hydrogens is 274 g/mol. The van der Waals surface area contributed by atoms with E-state index in [0.717, 1.165) is 5.56 Å². The minimum Gasteiger partial charge on any atom is -0.337 e. The topological polar surface area (TPSA) is 99.1 Å². The molecule has 1 atom stereocenters. The Morgan fingerprint density at radius 2 is 2.33 bits per heavy atom. The average molecular weight is 287 g/mol. The summed E-state index contributed by atoms with van der Waals surface area (Å²) in [5, 5.41) is 7.63. The molecule has 2 aromatic rings. The molecule has 0 aliphatic rings. The van der Waals surface area contributed by atoms with E-state index in [-0.39, 0.29) is 18.1 Å². The van der Waals surface area contributed by atoms with Crippen LogP contribution in [0.3, 0.4) is 0 Å². The molecule has 2 N–H and O–H groups in total. The van der Waals surface area contributed by atoms with E-state index < -0.39 is 15.9 Å². The summed E-state index contributed by atoms with van der Waals surface area (Å²) in [6.07, 6.45) is 1.44. The number of aromatic nitrogens is 2. The van der Waals surface area contributed by atoms with Gasteiger partial charge in [0.25, 0.3) is 0 Å². The Morgan fingerprint density at radius 1 is 1.56 bits per heavy atom. The molecule has 0 spiro atoms. The highest BCUT2D eigenvalue weighted by Gasteiger charge is 2.17. The van der Waals surface area contributed by atoms with Crippen LogP contribution in [0.4, 0.5) is 0 Å². The van der Waals surface area contributed by atoms with Gasteiger partial charge in [-0.1, -0.05) is 5.16 Å². The van der Waals surface area contributed by atoms with Crippen LogP contribution in [0.2, 0.25) is 0 Å². The summed E-state index contributed by atoms with van der Waals surface area (Å²) in [7, 11) is -3.03. The van der Waals surface area contributed by atoms with E-state index in [9.17, 15) is 8.42 Å². The van der Waals surface area contributed by atoms with Gasteiger partial charge in [-0.2, -0.15) is 16.3 Å². The monoisotopic (exact) mass is 287 g/mol. The Kier molecular flexibility index (Phi) is 3.79. The standard InChI is InChI=1S/C10H13N3O3S2/c1-18(14,15)5-3-8(11)10-12-9(13-16-10)7-2-4-17-6-7/h2,4,6,8H,3,5,11H2,1H3. The van der Waals surface area contributed by atoms with Gasteiger partial charge in [0.2, 0.25) is 11.7 Å². The zero-order valence-electron chi connectivity index (χ0n) is 9.74. The Bertz CT molecular complexity index is 604. The molecule has 18 heavy (non-hydrogen) atoms. The normalized spacial score (nSPS) is 13.7. The maximum atomic E-state index is 11.0. The fourth-order valence-corrected chi connectivity index (χ4v) is 2.68. The van der Waals surface area contributed by atoms with E-state index in [0.29, 0.717) is 5.82 Å². The fraction of sp³-hybridized carbons (Fsp3) is 0.400. The van der Waals surface area contributed by atoms with Crippen LogP contribution in [0.25, 0.3) is 11.4 Å². The summed E-state index contributed by atoms with van der Waals surface area (Å²) in [5.41, 5.74) is 6.68. The molecule has 2 rings (SSSR count). The highest BCUT2D eigenvalue weighted by Crippen LogP contribution is 2.21. The lowest BCUT2D eigenvalue weighted by Crippen LogP contribution is -2.15. The van der Waals surface area contributed by atoms with Gasteiger partial charge in [0, 0.05) is 17.2 Å². The summed E-state index contributed by atoms with van der Waals surface area (Å²) in [5.74, 6) is 0.741. The molecular formula is C10H13N3O3S2. The third kappa shape index (κ3) is 3.37. The van der Waals surface area contributed by atoms with Gasteiger partial charge in [-0.25, -0.2) is 8.42 Å². The largest absolute Gasteiger partial charge is 0.337 e. The van der Waals surface area contributed by atoms with Crippen molar-refractivity contribution in [2.75, 3.05) is 12.0 Å². The van der Waals surface area contributed by atoms with Gasteiger partial charge in [0.15, 0.2) is 0 Å². The maximum Gasteiger partial charge on any atom is 0.243 e. The molecule has 8 heteroatoms. The zero-order chi connectivity index (χ0) is 13.2. The van der Waals surface area contributed by atoms with Crippen molar-refractivity contribution in [1.82, 2.24) is 10.1 Å². The van der Waals surface area contributed by atoms with Crippen molar-refractivity contribution >= 4 is 21.2 Å². The van der Waals surface area contributed by atoms with Crippen molar-refractivity contribution in [2.45, 2.75) is 12.5 Å². The molecule has 0 aromatic carbocycles. The molecule has 6 nitrogen and oxygen atoms in total. The molecule has 98 valence electrons. The van der Waals surface area contributed by atoms with Gasteiger partial charge in [-0.05, 0) is 17.9 Å². The van der Waals surface area contributed by atoms with Crippen molar-refractivity contribution < 1.29 is 12.9 Å². The van der Waals surface area contributed by atoms with Crippen LogP contribution in [-0.4, -0.2) is 30.6 Å². The van der Waals surface area contributed by atoms with Crippen LogP contribution in [0.1, 0.15) is 18.4 Å². The van der Waals surface area contributed by atoms with Crippen molar-refractivity contribution in [3.63, 3.8) is 0 Å². The van der Waals surface area contributed by atoms with Crippen molar-refractivity contribution in [3.8, 4) is 11.4 Å². The Labute approximate surface area is 109 Å². The van der Waals surface area contributed by atoms with Gasteiger partial charge >= 0.3 is 0 Å². The SMILES string of the molecule is CS(=O)(=O)CCC(N)c1nc(-c2ccsc2)no1. The fourth-order valence-electron chi connectivity index (χ4n) is 1.36. The first-order valence-corrected chi connectivity index (χ1v) is 8.25. The van der Waals surface area contributed by atoms with Crippen molar-refractivity contribution in [1.29, 1.82) is 0 Å². The van der Waals surface area contributed by atoms with E-state index in [2.05, 4.69) is 10.1 Å². The summed E-state index contributed by atoms with van der Waals surface area (Å²) < 4.78 is 27.1. The number of hydrogen-bond donors (Lipinski definition) is 1. The Hall–Kier alpha value is -1.25. The third-order valence-corrected chi connectivity index (χ3v) is 4.00. The first kappa shape index (κ1) is 13.2. The van der Waals surface area contributed by atoms with Crippen LogP contribution < -0.4 is 5.73 Å². The Balaban J connectivity index is 2.06. The van der Waals surface area contributed by atoms with Crippen LogP contribution in [-0.2, 0) is 9.84 Å². The predicted octanol–water partition coefficient (Wildman–Crippen LogP) is 1.23. The van der Waals surface area contributed by atoms with Crippen LogP contribution in [0.5, 0.6) is 0 Å². The lowest BCUT2D eigenvalue weighted by atomic mass is 10.2. The van der Waals surface area contributed by atoms with Crippen LogP contribution >= 0.6 is 11.3 Å². The second kappa shape index (κ2) is 5.17. The number of rotatable bonds is 5. The number of nitrogens with zero attached hydrogens (tertiary/aromatic N) is 2. The minimum atomic E-state index is -3.03. The van der Waals surface area contributed by atoms with Crippen molar-refractivity contribution in [3.05, 3.63) is 22.7 Å². The molecule has 0 saturated heterocycles.